The molecule has 0 fully saturated rings. The first kappa shape index (κ1) is 25.2. The molecule has 1 heterocycles. The summed E-state index contributed by atoms with van der Waals surface area (Å²) in [5.41, 5.74) is 1.92. The number of rotatable bonds is 10. The van der Waals surface area contributed by atoms with E-state index in [0.717, 1.165) is 5.56 Å². The zero-order valence-corrected chi connectivity index (χ0v) is 21.1. The van der Waals surface area contributed by atoms with Crippen LogP contribution in [0.1, 0.15) is 33.4 Å². The van der Waals surface area contributed by atoms with E-state index in [1.165, 1.54) is 32.0 Å². The second-order valence-corrected chi connectivity index (χ2v) is 8.98. The Labute approximate surface area is 213 Å². The van der Waals surface area contributed by atoms with Crippen molar-refractivity contribution < 1.29 is 18.7 Å². The van der Waals surface area contributed by atoms with E-state index in [1.54, 1.807) is 36.4 Å². The van der Waals surface area contributed by atoms with Crippen LogP contribution in [-0.4, -0.2) is 34.9 Å². The van der Waals surface area contributed by atoms with Gasteiger partial charge in [0.05, 0.1) is 20.3 Å². The Kier molecular flexibility index (Phi) is 8.22. The molecular formula is C27H27FN4O3S. The number of carbonyl (C=O) groups is 1. The number of ether oxygens (including phenoxy) is 2. The van der Waals surface area contributed by atoms with E-state index in [1.807, 2.05) is 41.9 Å². The molecule has 1 atom stereocenters. The van der Waals surface area contributed by atoms with Gasteiger partial charge in [0.2, 0.25) is 0 Å². The van der Waals surface area contributed by atoms with Crippen LogP contribution in [0.3, 0.4) is 0 Å². The van der Waals surface area contributed by atoms with E-state index >= 15 is 0 Å². The van der Waals surface area contributed by atoms with Gasteiger partial charge in [0.15, 0.2) is 11.0 Å². The van der Waals surface area contributed by atoms with E-state index in [2.05, 4.69) is 15.5 Å². The zero-order chi connectivity index (χ0) is 25.5. The quantitative estimate of drug-likeness (QED) is 0.306. The molecule has 9 heteroatoms. The van der Waals surface area contributed by atoms with E-state index in [4.69, 9.17) is 9.47 Å². The maximum absolute atomic E-state index is 14.1. The van der Waals surface area contributed by atoms with Crippen LogP contribution in [0.15, 0.2) is 78.0 Å². The monoisotopic (exact) mass is 506 g/mol. The van der Waals surface area contributed by atoms with Crippen LogP contribution in [0, 0.1) is 5.82 Å². The van der Waals surface area contributed by atoms with Crippen molar-refractivity contribution in [2.45, 2.75) is 23.4 Å². The van der Waals surface area contributed by atoms with Crippen molar-refractivity contribution >= 4 is 17.7 Å². The molecule has 1 aromatic heterocycles. The molecule has 0 saturated heterocycles. The van der Waals surface area contributed by atoms with Crippen LogP contribution in [0.2, 0.25) is 0 Å². The van der Waals surface area contributed by atoms with Gasteiger partial charge in [-0.25, -0.2) is 4.39 Å². The summed E-state index contributed by atoms with van der Waals surface area (Å²) < 4.78 is 26.7. The summed E-state index contributed by atoms with van der Waals surface area (Å²) in [4.78, 5) is 13.5. The summed E-state index contributed by atoms with van der Waals surface area (Å²) >= 11 is 1.38. The number of hydrogen-bond acceptors (Lipinski definition) is 6. The largest absolute Gasteiger partial charge is 0.496 e. The van der Waals surface area contributed by atoms with E-state index in [0.29, 0.717) is 45.8 Å². The van der Waals surface area contributed by atoms with Gasteiger partial charge in [-0.15, -0.1) is 10.2 Å². The second-order valence-electron chi connectivity index (χ2n) is 8.03. The molecule has 0 aliphatic rings. The number of methoxy groups -OCH3 is 2. The number of thioether (sulfide) groups is 1. The SMILES string of the molecule is COc1cccc(OC)c1C(=O)N[C@H](Cc1ccccc1)c1nnc(SCc2ccccc2F)n1C. The van der Waals surface area contributed by atoms with Crippen molar-refractivity contribution in [2.75, 3.05) is 14.2 Å². The highest BCUT2D eigenvalue weighted by Gasteiger charge is 2.26. The fourth-order valence-electron chi connectivity index (χ4n) is 3.88. The normalized spacial score (nSPS) is 11.7. The molecular weight excluding hydrogens is 479 g/mol. The Morgan fingerprint density at radius 2 is 1.64 bits per heavy atom. The van der Waals surface area contributed by atoms with Crippen molar-refractivity contribution in [2.24, 2.45) is 7.05 Å². The molecule has 4 aromatic rings. The Balaban J connectivity index is 1.62. The van der Waals surface area contributed by atoms with Gasteiger partial charge < -0.3 is 19.4 Å². The summed E-state index contributed by atoms with van der Waals surface area (Å²) in [5, 5.41) is 12.4. The minimum absolute atomic E-state index is 0.257. The van der Waals surface area contributed by atoms with Crippen molar-refractivity contribution in [1.29, 1.82) is 0 Å². The van der Waals surface area contributed by atoms with Gasteiger partial charge in [-0.2, -0.15) is 0 Å². The first-order valence-corrected chi connectivity index (χ1v) is 12.3. The van der Waals surface area contributed by atoms with E-state index in [-0.39, 0.29) is 11.7 Å². The lowest BCUT2D eigenvalue weighted by Gasteiger charge is -2.20. The molecule has 186 valence electrons. The third-order valence-electron chi connectivity index (χ3n) is 5.74. The standard InChI is InChI=1S/C27H27FN4O3S/c1-32-25(30-31-27(32)36-17-19-12-7-8-13-20(19)28)21(16-18-10-5-4-6-11-18)29-26(33)24-22(34-2)14-9-15-23(24)35-3/h4-15,21H,16-17H2,1-3H3,(H,29,33)/t21-/m1/s1. The van der Waals surface area contributed by atoms with Crippen LogP contribution in [-0.2, 0) is 19.2 Å². The van der Waals surface area contributed by atoms with Crippen molar-refractivity contribution in [3.8, 4) is 11.5 Å². The average Bonchev–Trinajstić information content (AvgIpc) is 3.27. The van der Waals surface area contributed by atoms with Crippen LogP contribution in [0.5, 0.6) is 11.5 Å². The molecule has 0 aliphatic carbocycles. The lowest BCUT2D eigenvalue weighted by atomic mass is 10.0. The maximum Gasteiger partial charge on any atom is 0.259 e. The molecule has 36 heavy (non-hydrogen) atoms. The first-order chi connectivity index (χ1) is 17.5. The summed E-state index contributed by atoms with van der Waals surface area (Å²) in [6, 6.07) is 21.2. The molecule has 3 aromatic carbocycles. The van der Waals surface area contributed by atoms with Gasteiger partial charge in [-0.3, -0.25) is 4.79 Å². The third kappa shape index (κ3) is 5.68. The highest BCUT2D eigenvalue weighted by molar-refractivity contribution is 7.98. The minimum Gasteiger partial charge on any atom is -0.496 e. The predicted octanol–water partition coefficient (Wildman–Crippen LogP) is 4.98. The highest BCUT2D eigenvalue weighted by Crippen LogP contribution is 2.30. The predicted molar refractivity (Wildman–Crippen MR) is 137 cm³/mol. The number of nitrogens with one attached hydrogen (secondary N) is 1. The summed E-state index contributed by atoms with van der Waals surface area (Å²) in [5.74, 6) is 1.19. The first-order valence-electron chi connectivity index (χ1n) is 11.3. The second kappa shape index (κ2) is 11.7. The van der Waals surface area contributed by atoms with E-state index < -0.39 is 6.04 Å². The number of amides is 1. The van der Waals surface area contributed by atoms with Crippen molar-refractivity contribution in [1.82, 2.24) is 20.1 Å². The molecule has 1 N–H and O–H groups in total. The fraction of sp³-hybridized carbons (Fsp3) is 0.222. The molecule has 0 radical (unpaired) electrons. The van der Waals surface area contributed by atoms with Crippen LogP contribution in [0.4, 0.5) is 4.39 Å². The Morgan fingerprint density at radius 1 is 0.972 bits per heavy atom. The molecule has 0 aliphatic heterocycles. The molecule has 0 saturated carbocycles. The molecule has 0 spiro atoms. The van der Waals surface area contributed by atoms with Gasteiger partial charge >= 0.3 is 0 Å². The molecule has 4 rings (SSSR count). The number of hydrogen-bond donors (Lipinski definition) is 1. The summed E-state index contributed by atoms with van der Waals surface area (Å²) in [6.07, 6.45) is 0.494. The number of nitrogens with zero attached hydrogens (tertiary/aromatic N) is 3. The zero-order valence-electron chi connectivity index (χ0n) is 20.3. The van der Waals surface area contributed by atoms with Crippen LogP contribution >= 0.6 is 11.8 Å². The lowest BCUT2D eigenvalue weighted by Crippen LogP contribution is -2.32. The number of carbonyl (C=O) groups excluding carboxylic acids is 1. The van der Waals surface area contributed by atoms with Crippen LogP contribution in [0.25, 0.3) is 0 Å². The van der Waals surface area contributed by atoms with Crippen molar-refractivity contribution in [3.63, 3.8) is 0 Å². The smallest absolute Gasteiger partial charge is 0.259 e. The number of halogens is 1. The molecule has 1 amide bonds. The van der Waals surface area contributed by atoms with Gasteiger partial charge in [0.1, 0.15) is 22.9 Å². The number of benzene rings is 3. The summed E-state index contributed by atoms with van der Waals surface area (Å²) in [7, 11) is 4.86. The topological polar surface area (TPSA) is 78.3 Å². The van der Waals surface area contributed by atoms with E-state index in [9.17, 15) is 9.18 Å². The molecule has 0 bridgehead atoms. The van der Waals surface area contributed by atoms with Crippen molar-refractivity contribution in [3.05, 3.63) is 101 Å². The van der Waals surface area contributed by atoms with Gasteiger partial charge in [-0.1, -0.05) is 66.4 Å². The maximum atomic E-state index is 14.1. The number of aromatic nitrogens is 3. The lowest BCUT2D eigenvalue weighted by molar-refractivity contribution is 0.0927. The highest BCUT2D eigenvalue weighted by atomic mass is 32.2. The molecule has 0 unspecified atom stereocenters. The van der Waals surface area contributed by atoms with Gasteiger partial charge in [0, 0.05) is 12.8 Å². The van der Waals surface area contributed by atoms with Gasteiger partial charge in [0.25, 0.3) is 5.91 Å². The average molecular weight is 507 g/mol. The third-order valence-corrected chi connectivity index (χ3v) is 6.81. The van der Waals surface area contributed by atoms with Gasteiger partial charge in [-0.05, 0) is 35.7 Å². The Hall–Kier alpha value is -3.85. The van der Waals surface area contributed by atoms with Crippen LogP contribution < -0.4 is 14.8 Å². The summed E-state index contributed by atoms with van der Waals surface area (Å²) in [6.45, 7) is 0. The minimum atomic E-state index is -0.491. The fourth-order valence-corrected chi connectivity index (χ4v) is 4.78. The Morgan fingerprint density at radius 3 is 2.31 bits per heavy atom. The Bertz CT molecular complexity index is 1310. The molecule has 7 nitrogen and oxygen atoms in total.